The Kier molecular flexibility index (Phi) is 16.2. The summed E-state index contributed by atoms with van der Waals surface area (Å²) in [5.41, 5.74) is -0.0875. The van der Waals surface area contributed by atoms with Crippen LogP contribution in [0.3, 0.4) is 0 Å². The molecule has 1 saturated heterocycles. The van der Waals surface area contributed by atoms with Crippen LogP contribution in [0.1, 0.15) is 106 Å². The van der Waals surface area contributed by atoms with Crippen molar-refractivity contribution in [1.29, 1.82) is 0 Å². The summed E-state index contributed by atoms with van der Waals surface area (Å²) in [5.74, 6) is 0. The minimum Gasteiger partial charge on any atom is -0.352 e. The third-order valence-electron chi connectivity index (χ3n) is 6.69. The smallest absolute Gasteiger partial charge is 0.203 e. The van der Waals surface area contributed by atoms with Crippen LogP contribution in [0, 0.1) is 5.41 Å². The SMILES string of the molecule is CCCCCCCCCC1OCC(CCC)(COP(=S)(N(CC)CC)N(CC)CC)CO1. The second kappa shape index (κ2) is 17.0. The Bertz CT molecular complexity index is 491. The molecule has 7 heteroatoms. The zero-order chi connectivity index (χ0) is 23.9. The third kappa shape index (κ3) is 9.60. The molecule has 0 saturated carbocycles. The quantitative estimate of drug-likeness (QED) is 0.140. The molecule has 1 fully saturated rings. The second-order valence-electron chi connectivity index (χ2n) is 9.25. The number of hydrogen-bond acceptors (Lipinski definition) is 4. The van der Waals surface area contributed by atoms with Gasteiger partial charge < -0.3 is 14.0 Å². The fraction of sp³-hybridized carbons (Fsp3) is 1.00. The standard InChI is InChI=1S/C25H53N2O3PS/c1-7-13-14-15-16-17-18-19-24-28-21-25(20-8-2,22-29-24)23-30-31(32,26(9-3)10-4)27(11-5)12-6/h24H,7-23H2,1-6H3. The number of rotatable bonds is 19. The van der Waals surface area contributed by atoms with Gasteiger partial charge in [0.1, 0.15) is 0 Å². The zero-order valence-electron chi connectivity index (χ0n) is 22.1. The minimum atomic E-state index is -2.23. The Morgan fingerprint density at radius 2 is 1.28 bits per heavy atom. The fourth-order valence-corrected chi connectivity index (χ4v) is 8.72. The topological polar surface area (TPSA) is 34.2 Å². The van der Waals surface area contributed by atoms with E-state index in [-0.39, 0.29) is 11.7 Å². The molecule has 1 rings (SSSR count). The summed E-state index contributed by atoms with van der Waals surface area (Å²) in [6, 6.07) is 0. The van der Waals surface area contributed by atoms with Crippen molar-refractivity contribution in [3.63, 3.8) is 0 Å². The molecule has 0 aromatic rings. The summed E-state index contributed by atoms with van der Waals surface area (Å²) < 4.78 is 23.9. The molecular weight excluding hydrogens is 439 g/mol. The summed E-state index contributed by atoms with van der Waals surface area (Å²) in [7, 11) is 0. The largest absolute Gasteiger partial charge is 0.352 e. The van der Waals surface area contributed by atoms with Crippen LogP contribution in [-0.2, 0) is 25.8 Å². The van der Waals surface area contributed by atoms with E-state index in [1.54, 1.807) is 0 Å². The highest BCUT2D eigenvalue weighted by molar-refractivity contribution is 8.09. The fourth-order valence-electron chi connectivity index (χ4n) is 4.62. The van der Waals surface area contributed by atoms with Gasteiger partial charge in [-0.25, -0.2) is 9.34 Å². The van der Waals surface area contributed by atoms with E-state index in [1.165, 1.54) is 44.9 Å². The molecule has 1 heterocycles. The van der Waals surface area contributed by atoms with E-state index in [0.717, 1.165) is 45.4 Å². The van der Waals surface area contributed by atoms with Crippen LogP contribution in [0.2, 0.25) is 0 Å². The van der Waals surface area contributed by atoms with Crippen LogP contribution in [0.4, 0.5) is 0 Å². The molecule has 32 heavy (non-hydrogen) atoms. The van der Waals surface area contributed by atoms with E-state index < -0.39 is 6.57 Å². The van der Waals surface area contributed by atoms with Gasteiger partial charge in [0.15, 0.2) is 6.29 Å². The first-order valence-corrected chi connectivity index (χ1v) is 16.1. The van der Waals surface area contributed by atoms with Crippen molar-refractivity contribution in [3.8, 4) is 0 Å². The van der Waals surface area contributed by atoms with Gasteiger partial charge in [0.25, 0.3) is 0 Å². The van der Waals surface area contributed by atoms with Crippen molar-refractivity contribution >= 4 is 18.4 Å². The van der Waals surface area contributed by atoms with Gasteiger partial charge in [-0.1, -0.05) is 86.5 Å². The molecule has 1 aliphatic rings. The molecule has 0 radical (unpaired) electrons. The van der Waals surface area contributed by atoms with Crippen molar-refractivity contribution < 1.29 is 14.0 Å². The van der Waals surface area contributed by atoms with E-state index >= 15 is 0 Å². The number of ether oxygens (including phenoxy) is 2. The molecule has 0 spiro atoms. The molecule has 0 amide bonds. The molecule has 0 aliphatic carbocycles. The van der Waals surface area contributed by atoms with Crippen molar-refractivity contribution in [2.24, 2.45) is 5.41 Å². The highest BCUT2D eigenvalue weighted by atomic mass is 32.5. The molecule has 0 aromatic carbocycles. The average Bonchev–Trinajstić information content (AvgIpc) is 2.80. The Hall–Kier alpha value is 0.450. The number of unbranched alkanes of at least 4 members (excludes halogenated alkanes) is 6. The first kappa shape index (κ1) is 30.5. The lowest BCUT2D eigenvalue weighted by Crippen LogP contribution is -2.45. The summed E-state index contributed by atoms with van der Waals surface area (Å²) in [6.45, 7) is 16.7. The first-order chi connectivity index (χ1) is 15.4. The first-order valence-electron chi connectivity index (χ1n) is 13.4. The lowest BCUT2D eigenvalue weighted by atomic mass is 9.85. The molecule has 0 unspecified atom stereocenters. The minimum absolute atomic E-state index is 0.0516. The molecule has 0 atom stereocenters. The van der Waals surface area contributed by atoms with E-state index in [9.17, 15) is 0 Å². The maximum Gasteiger partial charge on any atom is 0.203 e. The van der Waals surface area contributed by atoms with Crippen LogP contribution in [0.15, 0.2) is 0 Å². The van der Waals surface area contributed by atoms with E-state index in [0.29, 0.717) is 19.8 Å². The van der Waals surface area contributed by atoms with Crippen LogP contribution >= 0.6 is 6.57 Å². The summed E-state index contributed by atoms with van der Waals surface area (Å²) >= 11 is 6.23. The predicted octanol–water partition coefficient (Wildman–Crippen LogP) is 7.21. The van der Waals surface area contributed by atoms with E-state index in [2.05, 4.69) is 50.9 Å². The van der Waals surface area contributed by atoms with E-state index in [1.807, 2.05) is 0 Å². The van der Waals surface area contributed by atoms with Crippen LogP contribution in [-0.4, -0.2) is 61.6 Å². The summed E-state index contributed by atoms with van der Waals surface area (Å²) in [5, 5.41) is 0. The van der Waals surface area contributed by atoms with Gasteiger partial charge in [-0.15, -0.1) is 0 Å². The molecule has 0 bridgehead atoms. The Morgan fingerprint density at radius 3 is 1.75 bits per heavy atom. The Labute approximate surface area is 205 Å². The molecule has 192 valence electrons. The highest BCUT2D eigenvalue weighted by Gasteiger charge is 2.40. The average molecular weight is 493 g/mol. The molecule has 0 aromatic heterocycles. The van der Waals surface area contributed by atoms with Gasteiger partial charge >= 0.3 is 0 Å². The van der Waals surface area contributed by atoms with Crippen LogP contribution in [0.5, 0.6) is 0 Å². The lowest BCUT2D eigenvalue weighted by Gasteiger charge is -2.45. The zero-order valence-corrected chi connectivity index (χ0v) is 23.8. The lowest BCUT2D eigenvalue weighted by molar-refractivity contribution is -0.239. The highest BCUT2D eigenvalue weighted by Crippen LogP contribution is 2.55. The van der Waals surface area contributed by atoms with Gasteiger partial charge in [-0.2, -0.15) is 0 Å². The van der Waals surface area contributed by atoms with Gasteiger partial charge in [0.2, 0.25) is 6.57 Å². The molecule has 0 N–H and O–H groups in total. The van der Waals surface area contributed by atoms with Crippen molar-refractivity contribution in [2.45, 2.75) is 112 Å². The molecule has 1 aliphatic heterocycles. The molecular formula is C25H53N2O3PS. The Balaban J connectivity index is 2.62. The van der Waals surface area contributed by atoms with Gasteiger partial charge in [-0.05, 0) is 31.1 Å². The molecule has 5 nitrogen and oxygen atoms in total. The Morgan fingerprint density at radius 1 is 0.781 bits per heavy atom. The number of hydrogen-bond donors (Lipinski definition) is 0. The summed E-state index contributed by atoms with van der Waals surface area (Å²) in [6.07, 6.45) is 12.3. The second-order valence-corrected chi connectivity index (χ2v) is 13.1. The van der Waals surface area contributed by atoms with Gasteiger partial charge in [0.05, 0.1) is 19.8 Å². The summed E-state index contributed by atoms with van der Waals surface area (Å²) in [4.78, 5) is 0. The van der Waals surface area contributed by atoms with Crippen LogP contribution in [0.25, 0.3) is 0 Å². The van der Waals surface area contributed by atoms with Crippen molar-refractivity contribution in [3.05, 3.63) is 0 Å². The van der Waals surface area contributed by atoms with Gasteiger partial charge in [-0.3, -0.25) is 0 Å². The maximum atomic E-state index is 6.71. The van der Waals surface area contributed by atoms with E-state index in [4.69, 9.17) is 25.8 Å². The van der Waals surface area contributed by atoms with Gasteiger partial charge in [0, 0.05) is 31.6 Å². The third-order valence-corrected chi connectivity index (χ3v) is 11.4. The van der Waals surface area contributed by atoms with Crippen LogP contribution < -0.4 is 0 Å². The number of nitrogens with zero attached hydrogens (tertiary/aromatic N) is 2. The maximum absolute atomic E-state index is 6.71. The normalized spacial score (nSPS) is 22.2. The van der Waals surface area contributed by atoms with Crippen molar-refractivity contribution in [2.75, 3.05) is 46.0 Å². The van der Waals surface area contributed by atoms with Crippen molar-refractivity contribution in [1.82, 2.24) is 9.34 Å². The predicted molar refractivity (Wildman–Crippen MR) is 142 cm³/mol. The monoisotopic (exact) mass is 492 g/mol.